The van der Waals surface area contributed by atoms with Crippen molar-refractivity contribution in [3.05, 3.63) is 0 Å². The van der Waals surface area contributed by atoms with Gasteiger partial charge >= 0.3 is 0 Å². The highest BCUT2D eigenvalue weighted by molar-refractivity contribution is 5.81. The number of hydrogen-bond acceptors (Lipinski definition) is 2. The Balaban J connectivity index is 2.50. The van der Waals surface area contributed by atoms with Crippen LogP contribution < -0.4 is 5.73 Å². The maximum absolute atomic E-state index is 12.1. The molecule has 1 aliphatic rings. The van der Waals surface area contributed by atoms with Gasteiger partial charge in [-0.05, 0) is 31.7 Å². The van der Waals surface area contributed by atoms with Gasteiger partial charge in [-0.2, -0.15) is 0 Å². The van der Waals surface area contributed by atoms with E-state index in [1.807, 2.05) is 18.7 Å². The van der Waals surface area contributed by atoms with Gasteiger partial charge in [-0.1, -0.05) is 20.8 Å². The molecule has 0 radical (unpaired) electrons. The Hall–Kier alpha value is -0.570. The average molecular weight is 212 g/mol. The van der Waals surface area contributed by atoms with E-state index >= 15 is 0 Å². The van der Waals surface area contributed by atoms with E-state index < -0.39 is 0 Å². The molecular weight excluding hydrogens is 188 g/mol. The number of amides is 1. The average Bonchev–Trinajstić information content (AvgIpc) is 2.28. The second-order valence-corrected chi connectivity index (χ2v) is 5.21. The molecule has 2 N–H and O–H groups in total. The Morgan fingerprint density at radius 3 is 2.33 bits per heavy atom. The number of rotatable bonds is 3. The summed E-state index contributed by atoms with van der Waals surface area (Å²) in [6.07, 6.45) is 3.05. The molecule has 0 unspecified atom stereocenters. The summed E-state index contributed by atoms with van der Waals surface area (Å²) in [7, 11) is 0. The highest BCUT2D eigenvalue weighted by Crippen LogP contribution is 2.26. The van der Waals surface area contributed by atoms with Crippen molar-refractivity contribution in [1.29, 1.82) is 0 Å². The van der Waals surface area contributed by atoms with Crippen molar-refractivity contribution in [2.75, 3.05) is 19.6 Å². The molecular formula is C12H24N2O. The smallest absolute Gasteiger partial charge is 0.228 e. The van der Waals surface area contributed by atoms with E-state index in [1.54, 1.807) is 0 Å². The lowest BCUT2D eigenvalue weighted by molar-refractivity contribution is -0.141. The van der Waals surface area contributed by atoms with Crippen molar-refractivity contribution >= 4 is 5.91 Å². The summed E-state index contributed by atoms with van der Waals surface area (Å²) in [6, 6.07) is 0. The van der Waals surface area contributed by atoms with Gasteiger partial charge in [-0.25, -0.2) is 0 Å². The summed E-state index contributed by atoms with van der Waals surface area (Å²) < 4.78 is 0. The van der Waals surface area contributed by atoms with E-state index in [4.69, 9.17) is 5.73 Å². The van der Waals surface area contributed by atoms with Crippen molar-refractivity contribution in [2.24, 2.45) is 17.1 Å². The van der Waals surface area contributed by atoms with E-state index in [9.17, 15) is 4.79 Å². The van der Waals surface area contributed by atoms with Crippen LogP contribution in [0.5, 0.6) is 0 Å². The van der Waals surface area contributed by atoms with Crippen molar-refractivity contribution in [3.8, 4) is 0 Å². The highest BCUT2D eigenvalue weighted by atomic mass is 16.2. The van der Waals surface area contributed by atoms with Crippen LogP contribution in [-0.4, -0.2) is 30.4 Å². The number of likely N-dealkylation sites (tertiary alicyclic amines) is 1. The van der Waals surface area contributed by atoms with Crippen LogP contribution in [0.25, 0.3) is 0 Å². The lowest BCUT2D eigenvalue weighted by Crippen LogP contribution is -2.45. The van der Waals surface area contributed by atoms with Crippen LogP contribution in [0.2, 0.25) is 0 Å². The van der Waals surface area contributed by atoms with Crippen LogP contribution in [0.3, 0.4) is 0 Å². The van der Waals surface area contributed by atoms with Gasteiger partial charge in [-0.3, -0.25) is 4.79 Å². The minimum atomic E-state index is -0.199. The van der Waals surface area contributed by atoms with Gasteiger partial charge in [0.05, 0.1) is 0 Å². The van der Waals surface area contributed by atoms with Crippen molar-refractivity contribution < 1.29 is 4.79 Å². The Kier molecular flexibility index (Phi) is 4.14. The van der Waals surface area contributed by atoms with Gasteiger partial charge in [-0.15, -0.1) is 0 Å². The zero-order valence-corrected chi connectivity index (χ0v) is 10.3. The SMILES string of the molecule is CCC(C)(C)C(=O)N1CCC(CN)CC1. The topological polar surface area (TPSA) is 46.3 Å². The third-order valence-corrected chi connectivity index (χ3v) is 3.70. The predicted octanol–water partition coefficient (Wildman–Crippen LogP) is 1.62. The molecule has 1 heterocycles. The fourth-order valence-electron chi connectivity index (χ4n) is 1.95. The summed E-state index contributed by atoms with van der Waals surface area (Å²) in [5.41, 5.74) is 5.43. The van der Waals surface area contributed by atoms with Crippen LogP contribution in [0, 0.1) is 11.3 Å². The quantitative estimate of drug-likeness (QED) is 0.772. The van der Waals surface area contributed by atoms with E-state index in [2.05, 4.69) is 6.92 Å². The first-order valence-electron chi connectivity index (χ1n) is 6.00. The van der Waals surface area contributed by atoms with Crippen molar-refractivity contribution in [2.45, 2.75) is 40.0 Å². The molecule has 0 aromatic carbocycles. The Labute approximate surface area is 93.0 Å². The number of nitrogens with zero attached hydrogens (tertiary/aromatic N) is 1. The van der Waals surface area contributed by atoms with Crippen LogP contribution in [0.1, 0.15) is 40.0 Å². The molecule has 0 saturated carbocycles. The zero-order chi connectivity index (χ0) is 11.5. The lowest BCUT2D eigenvalue weighted by Gasteiger charge is -2.36. The van der Waals surface area contributed by atoms with Crippen molar-refractivity contribution in [3.63, 3.8) is 0 Å². The molecule has 15 heavy (non-hydrogen) atoms. The molecule has 3 heteroatoms. The fourth-order valence-corrected chi connectivity index (χ4v) is 1.95. The minimum absolute atomic E-state index is 0.199. The molecule has 1 rings (SSSR count). The molecule has 0 aliphatic carbocycles. The zero-order valence-electron chi connectivity index (χ0n) is 10.3. The predicted molar refractivity (Wildman–Crippen MR) is 62.4 cm³/mol. The number of carbonyl (C=O) groups is 1. The molecule has 0 aromatic rings. The first-order chi connectivity index (χ1) is 7.01. The van der Waals surface area contributed by atoms with Gasteiger partial charge < -0.3 is 10.6 Å². The second kappa shape index (κ2) is 4.97. The maximum Gasteiger partial charge on any atom is 0.228 e. The minimum Gasteiger partial charge on any atom is -0.342 e. The summed E-state index contributed by atoms with van der Waals surface area (Å²) >= 11 is 0. The molecule has 3 nitrogen and oxygen atoms in total. The third-order valence-electron chi connectivity index (χ3n) is 3.70. The van der Waals surface area contributed by atoms with E-state index in [1.165, 1.54) is 0 Å². The van der Waals surface area contributed by atoms with Crippen LogP contribution in [0.4, 0.5) is 0 Å². The van der Waals surface area contributed by atoms with Gasteiger partial charge in [0.1, 0.15) is 0 Å². The third kappa shape index (κ3) is 2.94. The largest absolute Gasteiger partial charge is 0.342 e. The first-order valence-corrected chi connectivity index (χ1v) is 6.00. The molecule has 0 spiro atoms. The molecule has 0 atom stereocenters. The second-order valence-electron chi connectivity index (χ2n) is 5.21. The summed E-state index contributed by atoms with van der Waals surface area (Å²) in [5, 5.41) is 0. The number of piperidine rings is 1. The van der Waals surface area contributed by atoms with Crippen LogP contribution in [0.15, 0.2) is 0 Å². The van der Waals surface area contributed by atoms with E-state index in [0.29, 0.717) is 11.8 Å². The molecule has 1 fully saturated rings. The number of nitrogens with two attached hydrogens (primary N) is 1. The van der Waals surface area contributed by atoms with Gasteiger partial charge in [0.15, 0.2) is 0 Å². The molecule has 1 aliphatic heterocycles. The molecule has 1 amide bonds. The normalized spacial score (nSPS) is 19.3. The molecule has 0 bridgehead atoms. The monoisotopic (exact) mass is 212 g/mol. The Morgan fingerprint density at radius 2 is 1.93 bits per heavy atom. The van der Waals surface area contributed by atoms with Gasteiger partial charge in [0.25, 0.3) is 0 Å². The van der Waals surface area contributed by atoms with Crippen LogP contribution in [-0.2, 0) is 4.79 Å². The van der Waals surface area contributed by atoms with E-state index in [-0.39, 0.29) is 5.41 Å². The van der Waals surface area contributed by atoms with E-state index in [0.717, 1.165) is 38.9 Å². The summed E-state index contributed by atoms with van der Waals surface area (Å²) in [6.45, 7) is 8.69. The Morgan fingerprint density at radius 1 is 1.40 bits per heavy atom. The maximum atomic E-state index is 12.1. The first kappa shape index (κ1) is 12.5. The number of hydrogen-bond donors (Lipinski definition) is 1. The lowest BCUT2D eigenvalue weighted by atomic mass is 9.87. The van der Waals surface area contributed by atoms with Gasteiger partial charge in [0, 0.05) is 18.5 Å². The molecule has 1 saturated heterocycles. The van der Waals surface area contributed by atoms with Crippen molar-refractivity contribution in [1.82, 2.24) is 4.90 Å². The van der Waals surface area contributed by atoms with Gasteiger partial charge in [0.2, 0.25) is 5.91 Å². The summed E-state index contributed by atoms with van der Waals surface area (Å²) in [4.78, 5) is 14.2. The standard InChI is InChI=1S/C12H24N2O/c1-4-12(2,3)11(15)14-7-5-10(9-13)6-8-14/h10H,4-9,13H2,1-3H3. The molecule has 0 aromatic heterocycles. The Bertz CT molecular complexity index is 218. The molecule has 88 valence electrons. The summed E-state index contributed by atoms with van der Waals surface area (Å²) in [5.74, 6) is 0.930. The highest BCUT2D eigenvalue weighted by Gasteiger charge is 2.32. The van der Waals surface area contributed by atoms with Crippen LogP contribution >= 0.6 is 0 Å². The number of carbonyl (C=O) groups excluding carboxylic acids is 1. The fraction of sp³-hybridized carbons (Fsp3) is 0.917.